The number of halogens is 2. The van der Waals surface area contributed by atoms with E-state index in [1.54, 1.807) is 12.1 Å². The first-order valence-corrected chi connectivity index (χ1v) is 11.3. The van der Waals surface area contributed by atoms with Crippen LogP contribution in [-0.4, -0.2) is 11.0 Å². The fraction of sp³-hybridized carbons (Fsp3) is 0.174. The highest BCUT2D eigenvalue weighted by Crippen LogP contribution is 2.35. The molecular weight excluding hydrogens is 592 g/mol. The quantitative estimate of drug-likeness (QED) is 0.303. The molecule has 29 heavy (non-hydrogen) atoms. The summed E-state index contributed by atoms with van der Waals surface area (Å²) in [7, 11) is 0. The molecule has 0 aliphatic rings. The van der Waals surface area contributed by atoms with Gasteiger partial charge in [0.15, 0.2) is 5.75 Å². The summed E-state index contributed by atoms with van der Waals surface area (Å²) in [6, 6.07) is 16.9. The van der Waals surface area contributed by atoms with Gasteiger partial charge in [-0.15, -0.1) is 0 Å². The zero-order chi connectivity index (χ0) is 21.1. The largest absolute Gasteiger partial charge is 0.506 e. The van der Waals surface area contributed by atoms with E-state index in [-0.39, 0.29) is 17.2 Å². The molecule has 0 fully saturated rings. The van der Waals surface area contributed by atoms with E-state index in [0.717, 1.165) is 20.4 Å². The second kappa shape index (κ2) is 9.34. The minimum absolute atomic E-state index is 0.0253. The number of phenols is 1. The number of aromatic hydroxyl groups is 1. The van der Waals surface area contributed by atoms with Crippen molar-refractivity contribution in [3.8, 4) is 17.2 Å². The molecule has 0 aromatic heterocycles. The van der Waals surface area contributed by atoms with Crippen molar-refractivity contribution in [2.24, 2.45) is 0 Å². The number of hydrogen-bond acceptors (Lipinski definition) is 3. The van der Waals surface area contributed by atoms with Crippen molar-refractivity contribution < 1.29 is 14.6 Å². The molecule has 0 aliphatic heterocycles. The Morgan fingerprint density at radius 3 is 2.48 bits per heavy atom. The molecule has 0 saturated heterocycles. The molecule has 0 atom stereocenters. The highest BCUT2D eigenvalue weighted by atomic mass is 127. The topological polar surface area (TPSA) is 58.6 Å². The number of anilines is 1. The molecule has 0 spiro atoms. The van der Waals surface area contributed by atoms with Crippen LogP contribution >= 0.6 is 45.2 Å². The monoisotopic (exact) mass is 613 g/mol. The highest BCUT2D eigenvalue weighted by Gasteiger charge is 2.18. The van der Waals surface area contributed by atoms with E-state index in [4.69, 9.17) is 4.74 Å². The second-order valence-electron chi connectivity index (χ2n) is 7.03. The van der Waals surface area contributed by atoms with Crippen LogP contribution in [0.4, 0.5) is 5.69 Å². The summed E-state index contributed by atoms with van der Waals surface area (Å²) in [5.74, 6) is 1.21. The average molecular weight is 613 g/mol. The predicted molar refractivity (Wildman–Crippen MR) is 133 cm³/mol. The summed E-state index contributed by atoms with van der Waals surface area (Å²) in [6.07, 6.45) is 0. The second-order valence-corrected chi connectivity index (χ2v) is 9.44. The Balaban J connectivity index is 1.93. The maximum absolute atomic E-state index is 12.8. The molecule has 6 heteroatoms. The van der Waals surface area contributed by atoms with E-state index in [0.29, 0.717) is 20.9 Å². The molecule has 2 N–H and O–H groups in total. The van der Waals surface area contributed by atoms with E-state index in [2.05, 4.69) is 53.9 Å². The number of para-hydroxylation sites is 2. The van der Waals surface area contributed by atoms with E-state index in [9.17, 15) is 9.90 Å². The predicted octanol–water partition coefficient (Wildman–Crippen LogP) is 7.08. The lowest BCUT2D eigenvalue weighted by Gasteiger charge is -2.17. The van der Waals surface area contributed by atoms with Crippen molar-refractivity contribution in [3.63, 3.8) is 0 Å². The van der Waals surface area contributed by atoms with Crippen LogP contribution < -0.4 is 10.1 Å². The number of nitrogens with one attached hydrogen (secondary N) is 1. The van der Waals surface area contributed by atoms with Gasteiger partial charge in [-0.1, -0.05) is 38.1 Å². The van der Waals surface area contributed by atoms with Gasteiger partial charge in [0.2, 0.25) is 0 Å². The van der Waals surface area contributed by atoms with Gasteiger partial charge in [-0.05, 0) is 99.5 Å². The Morgan fingerprint density at radius 2 is 1.76 bits per heavy atom. The molecule has 0 aliphatic carbocycles. The Hall–Kier alpha value is -1.81. The minimum atomic E-state index is -0.386. The number of hydrogen-bond donors (Lipinski definition) is 2. The fourth-order valence-corrected chi connectivity index (χ4v) is 4.76. The molecular formula is C23H21I2NO3. The van der Waals surface area contributed by atoms with Crippen LogP contribution in [-0.2, 0) is 0 Å². The van der Waals surface area contributed by atoms with E-state index in [1.165, 1.54) is 0 Å². The summed E-state index contributed by atoms with van der Waals surface area (Å²) in [4.78, 5) is 12.8. The van der Waals surface area contributed by atoms with Gasteiger partial charge in [0.1, 0.15) is 11.5 Å². The lowest BCUT2D eigenvalue weighted by atomic mass is 10.0. The third-order valence-electron chi connectivity index (χ3n) is 4.42. The molecule has 0 saturated carbocycles. The van der Waals surface area contributed by atoms with Crippen LogP contribution in [0.3, 0.4) is 0 Å². The first kappa shape index (κ1) is 21.9. The normalized spacial score (nSPS) is 10.8. The van der Waals surface area contributed by atoms with E-state index >= 15 is 0 Å². The Labute approximate surface area is 198 Å². The summed E-state index contributed by atoms with van der Waals surface area (Å²) < 4.78 is 7.72. The zero-order valence-corrected chi connectivity index (χ0v) is 20.6. The fourth-order valence-electron chi connectivity index (χ4n) is 2.91. The third-order valence-corrected chi connectivity index (χ3v) is 5.86. The maximum atomic E-state index is 12.8. The van der Waals surface area contributed by atoms with Gasteiger partial charge in [0, 0.05) is 3.57 Å². The van der Waals surface area contributed by atoms with Gasteiger partial charge < -0.3 is 15.2 Å². The SMILES string of the molecule is Cc1ccc(C(C)C)c(Oc2ccccc2NC(=O)c2cc(I)cc(I)c2O)c1. The molecule has 0 bridgehead atoms. The summed E-state index contributed by atoms with van der Waals surface area (Å²) in [6.45, 7) is 6.26. The third kappa shape index (κ3) is 5.22. The van der Waals surface area contributed by atoms with Crippen LogP contribution in [0.2, 0.25) is 0 Å². The smallest absolute Gasteiger partial charge is 0.259 e. The molecule has 0 radical (unpaired) electrons. The molecule has 4 nitrogen and oxygen atoms in total. The molecule has 3 aromatic rings. The van der Waals surface area contributed by atoms with Gasteiger partial charge in [-0.3, -0.25) is 4.79 Å². The van der Waals surface area contributed by atoms with Gasteiger partial charge in [-0.25, -0.2) is 0 Å². The number of benzene rings is 3. The maximum Gasteiger partial charge on any atom is 0.259 e. The van der Waals surface area contributed by atoms with Crippen molar-refractivity contribution in [2.75, 3.05) is 5.32 Å². The van der Waals surface area contributed by atoms with Crippen LogP contribution in [0.15, 0.2) is 54.6 Å². The molecule has 0 heterocycles. The number of aryl methyl sites for hydroxylation is 1. The molecule has 150 valence electrons. The van der Waals surface area contributed by atoms with E-state index < -0.39 is 0 Å². The number of ether oxygens (including phenoxy) is 1. The molecule has 0 unspecified atom stereocenters. The van der Waals surface area contributed by atoms with Gasteiger partial charge >= 0.3 is 0 Å². The van der Waals surface area contributed by atoms with Crippen molar-refractivity contribution in [1.29, 1.82) is 0 Å². The van der Waals surface area contributed by atoms with Gasteiger partial charge in [-0.2, -0.15) is 0 Å². The zero-order valence-electron chi connectivity index (χ0n) is 16.3. The first-order chi connectivity index (χ1) is 13.8. The number of carbonyl (C=O) groups excluding carboxylic acids is 1. The van der Waals surface area contributed by atoms with Crippen LogP contribution in [0.1, 0.15) is 41.3 Å². The Bertz CT molecular complexity index is 1060. The van der Waals surface area contributed by atoms with Gasteiger partial charge in [0.05, 0.1) is 14.8 Å². The standard InChI is InChI=1S/C23H21I2NO3/c1-13(2)16-9-8-14(3)10-21(16)29-20-7-5-4-6-19(20)26-23(28)17-11-15(24)12-18(25)22(17)27/h4-13,27H,1-3H3,(H,26,28). The van der Waals surface area contributed by atoms with Gasteiger partial charge in [0.25, 0.3) is 5.91 Å². The summed E-state index contributed by atoms with van der Waals surface area (Å²) in [5.41, 5.74) is 2.97. The first-order valence-electron chi connectivity index (χ1n) is 9.13. The summed E-state index contributed by atoms with van der Waals surface area (Å²) in [5, 5.41) is 13.2. The number of carbonyl (C=O) groups is 1. The highest BCUT2D eigenvalue weighted by molar-refractivity contribution is 14.1. The summed E-state index contributed by atoms with van der Waals surface area (Å²) >= 11 is 4.14. The minimum Gasteiger partial charge on any atom is -0.506 e. The Kier molecular flexibility index (Phi) is 7.05. The average Bonchev–Trinajstić information content (AvgIpc) is 2.66. The lowest BCUT2D eigenvalue weighted by Crippen LogP contribution is -2.13. The Morgan fingerprint density at radius 1 is 1.03 bits per heavy atom. The number of rotatable bonds is 5. The van der Waals surface area contributed by atoms with Crippen molar-refractivity contribution in [1.82, 2.24) is 0 Å². The lowest BCUT2D eigenvalue weighted by molar-refractivity contribution is 0.102. The number of amides is 1. The van der Waals surface area contributed by atoms with Crippen LogP contribution in [0.25, 0.3) is 0 Å². The van der Waals surface area contributed by atoms with E-state index in [1.807, 2.05) is 59.8 Å². The van der Waals surface area contributed by atoms with Crippen molar-refractivity contribution >= 4 is 56.8 Å². The van der Waals surface area contributed by atoms with Crippen molar-refractivity contribution in [2.45, 2.75) is 26.7 Å². The van der Waals surface area contributed by atoms with Crippen molar-refractivity contribution in [3.05, 3.63) is 78.4 Å². The molecule has 1 amide bonds. The molecule has 3 aromatic carbocycles. The number of phenolic OH excluding ortho intramolecular Hbond substituents is 1. The van der Waals surface area contributed by atoms with Crippen LogP contribution in [0.5, 0.6) is 17.2 Å². The van der Waals surface area contributed by atoms with Crippen LogP contribution in [0, 0.1) is 14.1 Å². The molecule has 3 rings (SSSR count).